The molecule has 0 spiro atoms. The Labute approximate surface area is 178 Å². The number of aliphatic carboxylic acids is 1. The maximum atomic E-state index is 12.9. The zero-order valence-electron chi connectivity index (χ0n) is 15.8. The Morgan fingerprint density at radius 3 is 2.48 bits per heavy atom. The van der Waals surface area contributed by atoms with Gasteiger partial charge in [-0.3, -0.25) is 4.79 Å². The van der Waals surface area contributed by atoms with Crippen molar-refractivity contribution in [3.63, 3.8) is 0 Å². The Hall–Kier alpha value is -2.70. The molecule has 3 aromatic rings. The second-order valence-electron chi connectivity index (χ2n) is 7.15. The lowest BCUT2D eigenvalue weighted by atomic mass is 10.1. The number of benzene rings is 1. The SMILES string of the molecule is C[C@H]1[C@@H](c2ccccc2)[C@@]1(NS(=O)(=O)c1ccc(-c2cc(C(F)(F)F)on2)s1)C(=O)O. The molecule has 2 heterocycles. The van der Waals surface area contributed by atoms with Gasteiger partial charge in [0.2, 0.25) is 5.76 Å². The lowest BCUT2D eigenvalue weighted by Gasteiger charge is -2.15. The van der Waals surface area contributed by atoms with Crippen LogP contribution in [-0.4, -0.2) is 30.2 Å². The maximum absolute atomic E-state index is 12.9. The van der Waals surface area contributed by atoms with E-state index in [9.17, 15) is 31.5 Å². The minimum atomic E-state index is -4.72. The zero-order valence-corrected chi connectivity index (χ0v) is 17.4. The highest BCUT2D eigenvalue weighted by atomic mass is 32.2. The third-order valence-electron chi connectivity index (χ3n) is 5.30. The molecule has 4 rings (SSSR count). The summed E-state index contributed by atoms with van der Waals surface area (Å²) in [5, 5.41) is 13.2. The summed E-state index contributed by atoms with van der Waals surface area (Å²) in [4.78, 5) is 12.2. The van der Waals surface area contributed by atoms with Crippen molar-refractivity contribution in [3.8, 4) is 10.6 Å². The fraction of sp³-hybridized carbons (Fsp3) is 0.263. The lowest BCUT2D eigenvalue weighted by Crippen LogP contribution is -2.45. The highest BCUT2D eigenvalue weighted by Gasteiger charge is 2.70. The molecule has 1 aliphatic carbocycles. The third-order valence-corrected chi connectivity index (χ3v) is 8.39. The molecule has 0 bridgehead atoms. The Morgan fingerprint density at radius 1 is 1.23 bits per heavy atom. The van der Waals surface area contributed by atoms with E-state index in [1.807, 2.05) is 0 Å². The van der Waals surface area contributed by atoms with E-state index in [-0.39, 0.29) is 14.8 Å². The molecule has 2 aromatic heterocycles. The van der Waals surface area contributed by atoms with Gasteiger partial charge in [-0.2, -0.15) is 17.9 Å². The predicted molar refractivity (Wildman–Crippen MR) is 104 cm³/mol. The van der Waals surface area contributed by atoms with Gasteiger partial charge in [0.1, 0.15) is 15.4 Å². The number of thiophene rings is 1. The molecule has 31 heavy (non-hydrogen) atoms. The van der Waals surface area contributed by atoms with Gasteiger partial charge < -0.3 is 9.63 Å². The number of nitrogens with zero attached hydrogens (tertiary/aromatic N) is 1. The van der Waals surface area contributed by atoms with Crippen molar-refractivity contribution in [3.05, 3.63) is 59.9 Å². The number of carbonyl (C=O) groups is 1. The number of sulfonamides is 1. The largest absolute Gasteiger partial charge is 0.480 e. The molecule has 164 valence electrons. The number of rotatable bonds is 6. The van der Waals surface area contributed by atoms with Gasteiger partial charge in [0.15, 0.2) is 0 Å². The third kappa shape index (κ3) is 3.64. The van der Waals surface area contributed by atoms with E-state index in [1.54, 1.807) is 37.3 Å². The average molecular weight is 472 g/mol. The number of nitrogens with one attached hydrogen (secondary N) is 1. The number of hydrogen-bond acceptors (Lipinski definition) is 6. The van der Waals surface area contributed by atoms with Crippen LogP contribution < -0.4 is 4.72 Å². The van der Waals surface area contributed by atoms with Crippen LogP contribution in [0.4, 0.5) is 13.2 Å². The standard InChI is InChI=1S/C19H15F3N2O5S2/c1-10-16(11-5-3-2-4-6-11)18(10,17(25)26)24-31(27,28)15-8-7-13(30-15)12-9-14(29-23-12)19(20,21)22/h2-10,16,24H,1H3,(H,25,26)/t10-,16-,18+/m0/s1. The van der Waals surface area contributed by atoms with Gasteiger partial charge in [-0.25, -0.2) is 8.42 Å². The van der Waals surface area contributed by atoms with E-state index in [1.165, 1.54) is 12.1 Å². The lowest BCUT2D eigenvalue weighted by molar-refractivity contribution is -0.155. The molecule has 2 N–H and O–H groups in total. The van der Waals surface area contributed by atoms with Crippen LogP contribution in [-0.2, 0) is 21.0 Å². The van der Waals surface area contributed by atoms with Gasteiger partial charge in [0, 0.05) is 12.0 Å². The molecule has 1 fully saturated rings. The van der Waals surface area contributed by atoms with Crippen LogP contribution in [0.15, 0.2) is 57.3 Å². The summed E-state index contributed by atoms with van der Waals surface area (Å²) in [6.07, 6.45) is -4.72. The molecule has 1 aliphatic rings. The van der Waals surface area contributed by atoms with Gasteiger partial charge in [0.05, 0.1) is 4.88 Å². The number of aromatic nitrogens is 1. The molecule has 1 saturated carbocycles. The number of halogens is 3. The van der Waals surface area contributed by atoms with Crippen LogP contribution in [0, 0.1) is 5.92 Å². The summed E-state index contributed by atoms with van der Waals surface area (Å²) < 4.78 is 70.3. The molecule has 3 atom stereocenters. The van der Waals surface area contributed by atoms with Crippen molar-refractivity contribution in [1.29, 1.82) is 0 Å². The monoisotopic (exact) mass is 472 g/mol. The summed E-state index contributed by atoms with van der Waals surface area (Å²) in [5.74, 6) is -3.68. The molecule has 0 unspecified atom stereocenters. The average Bonchev–Trinajstić information content (AvgIpc) is 3.13. The first-order valence-corrected chi connectivity index (χ1v) is 11.2. The van der Waals surface area contributed by atoms with Crippen LogP contribution in [0.5, 0.6) is 0 Å². The van der Waals surface area contributed by atoms with Crippen LogP contribution >= 0.6 is 11.3 Å². The second kappa shape index (κ2) is 7.18. The summed E-state index contributed by atoms with van der Waals surface area (Å²) in [7, 11) is -4.28. The molecule has 0 aliphatic heterocycles. The molecule has 0 radical (unpaired) electrons. The van der Waals surface area contributed by atoms with Crippen molar-refractivity contribution in [2.24, 2.45) is 5.92 Å². The summed E-state index contributed by atoms with van der Waals surface area (Å²) in [6, 6.07) is 11.8. The van der Waals surface area contributed by atoms with Gasteiger partial charge in [-0.15, -0.1) is 11.3 Å². The molecule has 12 heteroatoms. The van der Waals surface area contributed by atoms with Gasteiger partial charge in [-0.1, -0.05) is 42.4 Å². The van der Waals surface area contributed by atoms with Crippen LogP contribution in [0.3, 0.4) is 0 Å². The topological polar surface area (TPSA) is 110 Å². The van der Waals surface area contributed by atoms with Crippen molar-refractivity contribution in [2.75, 3.05) is 0 Å². The number of carboxylic acid groups (broad SMARTS) is 1. The normalized spacial score (nSPS) is 23.6. The quantitative estimate of drug-likeness (QED) is 0.562. The van der Waals surface area contributed by atoms with E-state index in [0.717, 1.165) is 0 Å². The van der Waals surface area contributed by atoms with Gasteiger partial charge >= 0.3 is 12.1 Å². The predicted octanol–water partition coefficient (Wildman–Crippen LogP) is 3.96. The van der Waals surface area contributed by atoms with E-state index in [0.29, 0.717) is 23.0 Å². The molecular weight excluding hydrogens is 457 g/mol. The van der Waals surface area contributed by atoms with Crippen LogP contribution in [0.25, 0.3) is 10.6 Å². The van der Waals surface area contributed by atoms with Crippen molar-refractivity contribution < 1.29 is 36.0 Å². The summed E-state index contributed by atoms with van der Waals surface area (Å²) in [5.41, 5.74) is -1.20. The first-order valence-electron chi connectivity index (χ1n) is 8.93. The highest BCUT2D eigenvalue weighted by Crippen LogP contribution is 2.58. The van der Waals surface area contributed by atoms with E-state index < -0.39 is 45.3 Å². The molecule has 0 amide bonds. The van der Waals surface area contributed by atoms with Crippen molar-refractivity contribution in [1.82, 2.24) is 9.88 Å². The maximum Gasteiger partial charge on any atom is 0.452 e. The Kier molecular flexibility index (Phi) is 4.98. The minimum absolute atomic E-state index is 0.132. The fourth-order valence-corrected chi connectivity index (χ4v) is 6.42. The second-order valence-corrected chi connectivity index (χ2v) is 10.1. The van der Waals surface area contributed by atoms with Crippen LogP contribution in [0.2, 0.25) is 0 Å². The van der Waals surface area contributed by atoms with Gasteiger partial charge in [0.25, 0.3) is 10.0 Å². The first kappa shape index (κ1) is 21.5. The van der Waals surface area contributed by atoms with E-state index in [2.05, 4.69) is 14.4 Å². The summed E-state index contributed by atoms with van der Waals surface area (Å²) in [6.45, 7) is 1.64. The Bertz CT molecular complexity index is 1240. The smallest absolute Gasteiger partial charge is 0.452 e. The minimum Gasteiger partial charge on any atom is -0.480 e. The van der Waals surface area contributed by atoms with E-state index in [4.69, 9.17) is 0 Å². The first-order chi connectivity index (χ1) is 14.5. The number of hydrogen-bond donors (Lipinski definition) is 2. The highest BCUT2D eigenvalue weighted by molar-refractivity contribution is 7.91. The van der Waals surface area contributed by atoms with Crippen molar-refractivity contribution >= 4 is 27.3 Å². The Morgan fingerprint density at radius 2 is 1.90 bits per heavy atom. The molecule has 7 nitrogen and oxygen atoms in total. The number of alkyl halides is 3. The zero-order chi connectivity index (χ0) is 22.6. The van der Waals surface area contributed by atoms with Crippen molar-refractivity contribution in [2.45, 2.75) is 28.8 Å². The summed E-state index contributed by atoms with van der Waals surface area (Å²) >= 11 is 0.662. The molecule has 0 saturated heterocycles. The molecular formula is C19H15F3N2O5S2. The van der Waals surface area contributed by atoms with Gasteiger partial charge in [-0.05, 0) is 23.6 Å². The van der Waals surface area contributed by atoms with E-state index >= 15 is 0 Å². The molecule has 1 aromatic carbocycles. The fourth-order valence-electron chi connectivity index (χ4n) is 3.70. The Balaban J connectivity index is 1.62. The number of carboxylic acids is 1. The van der Waals surface area contributed by atoms with Crippen LogP contribution in [0.1, 0.15) is 24.2 Å².